The molecule has 2 amide bonds. The molecule has 2 atom stereocenters. The monoisotopic (exact) mass is 529 g/mol. The number of rotatable bonds is 9. The molecule has 1 unspecified atom stereocenters. The number of nitrogens with zero attached hydrogens (tertiary/aromatic N) is 5. The second-order valence-electron chi connectivity index (χ2n) is 8.40. The standard InChI is InChI=1S/C23H21F6N5O3/c1-14(22(36,11-32-13-30-12-31-32)18-7-2-15(24)10-19(18)25)33-8-9-34(21(33)35)16-3-5-17(6-4-16)37-23(28,29)20(26)27/h2-7,10,12-14,20,36H,8-9,11H2,1H3/t14-,22?/m1/s1. The van der Waals surface area contributed by atoms with Gasteiger partial charge in [0.05, 0.1) is 12.6 Å². The van der Waals surface area contributed by atoms with Crippen molar-refractivity contribution >= 4 is 11.7 Å². The molecule has 1 saturated heterocycles. The molecule has 0 spiro atoms. The molecule has 1 fully saturated rings. The van der Waals surface area contributed by atoms with Crippen LogP contribution >= 0.6 is 0 Å². The number of hydrogen-bond donors (Lipinski definition) is 1. The van der Waals surface area contributed by atoms with Crippen molar-refractivity contribution in [2.75, 3.05) is 18.0 Å². The summed E-state index contributed by atoms with van der Waals surface area (Å²) in [5.41, 5.74) is -2.07. The highest BCUT2D eigenvalue weighted by Gasteiger charge is 2.47. The summed E-state index contributed by atoms with van der Waals surface area (Å²) < 4.78 is 84.7. The summed E-state index contributed by atoms with van der Waals surface area (Å²) in [6.45, 7) is 1.38. The van der Waals surface area contributed by atoms with Gasteiger partial charge in [-0.25, -0.2) is 23.2 Å². The number of carbonyl (C=O) groups is 1. The van der Waals surface area contributed by atoms with E-state index in [1.54, 1.807) is 0 Å². The predicted molar refractivity (Wildman–Crippen MR) is 117 cm³/mol. The van der Waals surface area contributed by atoms with Crippen molar-refractivity contribution in [3.63, 3.8) is 0 Å². The zero-order valence-corrected chi connectivity index (χ0v) is 19.2. The van der Waals surface area contributed by atoms with Gasteiger partial charge in [-0.2, -0.15) is 22.7 Å². The van der Waals surface area contributed by atoms with Crippen LogP contribution in [-0.2, 0) is 12.1 Å². The Hall–Kier alpha value is -3.81. The molecule has 4 rings (SSSR count). The molecular weight excluding hydrogens is 508 g/mol. The third-order valence-electron chi connectivity index (χ3n) is 6.12. The Bertz CT molecular complexity index is 1240. The quantitative estimate of drug-likeness (QED) is 0.424. The van der Waals surface area contributed by atoms with Gasteiger partial charge in [0.15, 0.2) is 0 Å². The molecule has 1 aromatic heterocycles. The maximum Gasteiger partial charge on any atom is 0.461 e. The maximum atomic E-state index is 14.8. The number of carbonyl (C=O) groups excluding carboxylic acids is 1. The van der Waals surface area contributed by atoms with Crippen molar-refractivity contribution in [1.82, 2.24) is 19.7 Å². The molecule has 0 aliphatic carbocycles. The number of amides is 2. The summed E-state index contributed by atoms with van der Waals surface area (Å²) in [6.07, 6.45) is -6.20. The molecule has 3 aromatic rings. The van der Waals surface area contributed by atoms with Gasteiger partial charge in [0.25, 0.3) is 0 Å². The lowest BCUT2D eigenvalue weighted by atomic mass is 9.85. The first-order valence-electron chi connectivity index (χ1n) is 11.0. The molecule has 1 N–H and O–H groups in total. The number of aromatic nitrogens is 3. The molecule has 1 aliphatic rings. The molecular formula is C23H21F6N5O3. The number of benzene rings is 2. The number of urea groups is 1. The second kappa shape index (κ2) is 9.92. The van der Waals surface area contributed by atoms with E-state index in [9.17, 15) is 36.2 Å². The topological polar surface area (TPSA) is 83.7 Å². The number of alkyl halides is 4. The highest BCUT2D eigenvalue weighted by atomic mass is 19.3. The molecule has 0 radical (unpaired) electrons. The Morgan fingerprint density at radius 2 is 1.81 bits per heavy atom. The van der Waals surface area contributed by atoms with Crippen molar-refractivity contribution in [3.05, 3.63) is 72.3 Å². The van der Waals surface area contributed by atoms with Gasteiger partial charge in [0.2, 0.25) is 0 Å². The fourth-order valence-electron chi connectivity index (χ4n) is 4.15. The summed E-state index contributed by atoms with van der Waals surface area (Å²) in [7, 11) is 0. The lowest BCUT2D eigenvalue weighted by molar-refractivity contribution is -0.253. The number of hydrogen-bond acceptors (Lipinski definition) is 5. The number of aliphatic hydroxyl groups is 1. The van der Waals surface area contributed by atoms with E-state index in [0.717, 1.165) is 24.3 Å². The van der Waals surface area contributed by atoms with Crippen LogP contribution in [0.25, 0.3) is 0 Å². The molecule has 198 valence electrons. The molecule has 2 heterocycles. The van der Waals surface area contributed by atoms with E-state index < -0.39 is 47.6 Å². The first-order chi connectivity index (χ1) is 17.4. The first kappa shape index (κ1) is 26.3. The fraction of sp³-hybridized carbons (Fsp3) is 0.348. The van der Waals surface area contributed by atoms with E-state index in [0.29, 0.717) is 6.07 Å². The zero-order valence-electron chi connectivity index (χ0n) is 19.2. The largest absolute Gasteiger partial charge is 0.461 e. The van der Waals surface area contributed by atoms with Crippen molar-refractivity contribution in [1.29, 1.82) is 0 Å². The molecule has 0 bridgehead atoms. The maximum absolute atomic E-state index is 14.8. The highest BCUT2D eigenvalue weighted by Crippen LogP contribution is 2.35. The van der Waals surface area contributed by atoms with Crippen LogP contribution in [0.4, 0.5) is 36.8 Å². The second-order valence-corrected chi connectivity index (χ2v) is 8.40. The van der Waals surface area contributed by atoms with Gasteiger partial charge >= 0.3 is 18.6 Å². The number of anilines is 1. The van der Waals surface area contributed by atoms with Crippen LogP contribution < -0.4 is 9.64 Å². The van der Waals surface area contributed by atoms with Crippen LogP contribution in [0.2, 0.25) is 0 Å². The van der Waals surface area contributed by atoms with Gasteiger partial charge in [-0.1, -0.05) is 6.07 Å². The van der Waals surface area contributed by atoms with Crippen LogP contribution in [0, 0.1) is 11.6 Å². The van der Waals surface area contributed by atoms with E-state index >= 15 is 0 Å². The van der Waals surface area contributed by atoms with Gasteiger partial charge in [-0.3, -0.25) is 4.90 Å². The van der Waals surface area contributed by atoms with Crippen molar-refractivity contribution in [2.24, 2.45) is 0 Å². The Morgan fingerprint density at radius 1 is 1.11 bits per heavy atom. The summed E-state index contributed by atoms with van der Waals surface area (Å²) in [5, 5.41) is 15.6. The number of ether oxygens (including phenoxy) is 1. The fourth-order valence-corrected chi connectivity index (χ4v) is 4.15. The van der Waals surface area contributed by atoms with Crippen molar-refractivity contribution < 1.29 is 41.0 Å². The van der Waals surface area contributed by atoms with Gasteiger partial charge in [0.1, 0.15) is 35.6 Å². The Labute approximate surface area is 206 Å². The molecule has 37 heavy (non-hydrogen) atoms. The SMILES string of the molecule is C[C@@H](N1CCN(c2ccc(OC(F)(F)C(F)F)cc2)C1=O)C(O)(Cn1cncn1)c1ccc(F)cc1F. The first-order valence-corrected chi connectivity index (χ1v) is 11.0. The third-order valence-corrected chi connectivity index (χ3v) is 6.12. The van der Waals surface area contributed by atoms with Crippen LogP contribution in [0.15, 0.2) is 55.1 Å². The Morgan fingerprint density at radius 3 is 2.41 bits per heavy atom. The number of halogens is 6. The predicted octanol–water partition coefficient (Wildman–Crippen LogP) is 4.01. The van der Waals surface area contributed by atoms with Crippen LogP contribution in [0.5, 0.6) is 5.75 Å². The normalized spacial score (nSPS) is 16.8. The van der Waals surface area contributed by atoms with Crippen molar-refractivity contribution in [2.45, 2.75) is 37.6 Å². The molecule has 0 saturated carbocycles. The third kappa shape index (κ3) is 5.19. The molecule has 1 aliphatic heterocycles. The summed E-state index contributed by atoms with van der Waals surface area (Å²) >= 11 is 0. The van der Waals surface area contributed by atoms with E-state index in [1.165, 1.54) is 46.2 Å². The highest BCUT2D eigenvalue weighted by molar-refractivity contribution is 5.94. The molecule has 14 heteroatoms. The van der Waals surface area contributed by atoms with Crippen LogP contribution in [-0.4, -0.2) is 62.5 Å². The minimum Gasteiger partial charge on any atom is -0.428 e. The van der Waals surface area contributed by atoms with E-state index in [-0.39, 0.29) is 30.9 Å². The summed E-state index contributed by atoms with van der Waals surface area (Å²) in [5.74, 6) is -2.40. The smallest absolute Gasteiger partial charge is 0.428 e. The van der Waals surface area contributed by atoms with E-state index in [4.69, 9.17) is 0 Å². The molecule has 2 aromatic carbocycles. The lowest BCUT2D eigenvalue weighted by Gasteiger charge is -2.39. The lowest BCUT2D eigenvalue weighted by Crippen LogP contribution is -2.53. The van der Waals surface area contributed by atoms with Gasteiger partial charge in [0, 0.05) is 30.4 Å². The van der Waals surface area contributed by atoms with E-state index in [2.05, 4.69) is 14.8 Å². The average Bonchev–Trinajstić information content (AvgIpc) is 3.48. The van der Waals surface area contributed by atoms with Crippen LogP contribution in [0.1, 0.15) is 12.5 Å². The van der Waals surface area contributed by atoms with E-state index in [1.807, 2.05) is 0 Å². The van der Waals surface area contributed by atoms with Crippen molar-refractivity contribution in [3.8, 4) is 5.75 Å². The van der Waals surface area contributed by atoms with Gasteiger partial charge < -0.3 is 14.7 Å². The summed E-state index contributed by atoms with van der Waals surface area (Å²) in [6, 6.07) is 5.54. The summed E-state index contributed by atoms with van der Waals surface area (Å²) in [4.78, 5) is 19.6. The Kier molecular flexibility index (Phi) is 7.04. The zero-order chi connectivity index (χ0) is 27.0. The minimum atomic E-state index is -4.68. The Balaban J connectivity index is 1.58. The van der Waals surface area contributed by atoms with Gasteiger partial charge in [-0.15, -0.1) is 0 Å². The molecule has 8 nitrogen and oxygen atoms in total. The van der Waals surface area contributed by atoms with Crippen LogP contribution in [0.3, 0.4) is 0 Å². The average molecular weight is 529 g/mol. The minimum absolute atomic E-state index is 0.0875. The van der Waals surface area contributed by atoms with Gasteiger partial charge in [-0.05, 0) is 37.3 Å².